The molecule has 0 bridgehead atoms. The van der Waals surface area contributed by atoms with E-state index >= 15 is 0 Å². The molecule has 1 aromatic carbocycles. The van der Waals surface area contributed by atoms with E-state index in [9.17, 15) is 13.2 Å². The van der Waals surface area contributed by atoms with Crippen LogP contribution in [0.4, 0.5) is 0 Å². The monoisotopic (exact) mass is 376 g/mol. The van der Waals surface area contributed by atoms with Crippen LogP contribution in [0.2, 0.25) is 0 Å². The van der Waals surface area contributed by atoms with Crippen LogP contribution in [0, 0.1) is 0 Å². The highest BCUT2D eigenvalue weighted by Crippen LogP contribution is 2.20. The Morgan fingerprint density at radius 2 is 2.04 bits per heavy atom. The molecule has 2 atom stereocenters. The summed E-state index contributed by atoms with van der Waals surface area (Å²) in [6.45, 7) is 2.49. The summed E-state index contributed by atoms with van der Waals surface area (Å²) >= 11 is 0. The van der Waals surface area contributed by atoms with Crippen molar-refractivity contribution in [3.63, 3.8) is 0 Å². The van der Waals surface area contributed by atoms with Gasteiger partial charge in [0.2, 0.25) is 5.91 Å². The normalized spacial score (nSPS) is 20.2. The average molecular weight is 376 g/mol. The number of carbonyl (C=O) groups is 1. The number of nitrogens with zero attached hydrogens (tertiary/aromatic N) is 1. The van der Waals surface area contributed by atoms with Gasteiger partial charge >= 0.3 is 0 Å². The summed E-state index contributed by atoms with van der Waals surface area (Å²) in [6, 6.07) is 13.1. The van der Waals surface area contributed by atoms with Gasteiger partial charge in [-0.3, -0.25) is 9.69 Å². The standard InChI is InChI=1S/C19H24N2O4S/c1-15(16-6-3-2-4-7-16)20-19(22)13-21(12-18-8-5-10-25-18)17-9-11-26(23,24)14-17/h2-8,10,15,17H,9,11-14H2,1H3,(H,20,22). The summed E-state index contributed by atoms with van der Waals surface area (Å²) in [5.74, 6) is 0.860. The lowest BCUT2D eigenvalue weighted by Gasteiger charge is -2.27. The van der Waals surface area contributed by atoms with Gasteiger partial charge in [-0.25, -0.2) is 8.42 Å². The lowest BCUT2D eigenvalue weighted by atomic mass is 10.1. The molecular weight excluding hydrogens is 352 g/mol. The minimum absolute atomic E-state index is 0.0925. The van der Waals surface area contributed by atoms with E-state index < -0.39 is 9.84 Å². The van der Waals surface area contributed by atoms with Gasteiger partial charge in [0, 0.05) is 6.04 Å². The van der Waals surface area contributed by atoms with E-state index in [4.69, 9.17) is 4.42 Å². The van der Waals surface area contributed by atoms with Gasteiger partial charge in [-0.15, -0.1) is 0 Å². The van der Waals surface area contributed by atoms with Gasteiger partial charge in [0.25, 0.3) is 0 Å². The summed E-state index contributed by atoms with van der Waals surface area (Å²) < 4.78 is 29.1. The molecule has 3 rings (SSSR count). The highest BCUT2D eigenvalue weighted by molar-refractivity contribution is 7.91. The number of amides is 1. The molecule has 140 valence electrons. The highest BCUT2D eigenvalue weighted by atomic mass is 32.2. The van der Waals surface area contributed by atoms with Crippen molar-refractivity contribution in [2.24, 2.45) is 0 Å². The molecule has 0 aliphatic carbocycles. The van der Waals surface area contributed by atoms with Crippen LogP contribution in [-0.2, 0) is 21.2 Å². The fraction of sp³-hybridized carbons (Fsp3) is 0.421. The van der Waals surface area contributed by atoms with Crippen LogP contribution in [0.15, 0.2) is 53.1 Å². The molecular formula is C19H24N2O4S. The van der Waals surface area contributed by atoms with Crippen molar-refractivity contribution in [2.75, 3.05) is 18.1 Å². The van der Waals surface area contributed by atoms with E-state index in [1.165, 1.54) is 0 Å². The summed E-state index contributed by atoms with van der Waals surface area (Å²) in [5, 5.41) is 2.99. The summed E-state index contributed by atoms with van der Waals surface area (Å²) in [4.78, 5) is 14.5. The lowest BCUT2D eigenvalue weighted by molar-refractivity contribution is -0.123. The number of rotatable bonds is 7. The molecule has 7 heteroatoms. The second-order valence-electron chi connectivity index (χ2n) is 6.74. The molecule has 0 spiro atoms. The van der Waals surface area contributed by atoms with Crippen LogP contribution < -0.4 is 5.32 Å². The quantitative estimate of drug-likeness (QED) is 0.801. The van der Waals surface area contributed by atoms with Crippen molar-refractivity contribution >= 4 is 15.7 Å². The van der Waals surface area contributed by atoms with Gasteiger partial charge in [-0.1, -0.05) is 30.3 Å². The summed E-state index contributed by atoms with van der Waals surface area (Å²) in [5.41, 5.74) is 1.03. The zero-order chi connectivity index (χ0) is 18.6. The van der Waals surface area contributed by atoms with E-state index in [-0.39, 0.29) is 36.0 Å². The molecule has 1 aliphatic rings. The Labute approximate surface area is 154 Å². The first-order chi connectivity index (χ1) is 12.4. The minimum Gasteiger partial charge on any atom is -0.468 e. The molecule has 1 fully saturated rings. The third-order valence-corrected chi connectivity index (χ3v) is 6.44. The number of hydrogen-bond acceptors (Lipinski definition) is 5. The van der Waals surface area contributed by atoms with Crippen molar-refractivity contribution in [3.8, 4) is 0 Å². The Bertz CT molecular complexity index is 818. The number of furan rings is 1. The molecule has 1 N–H and O–H groups in total. The first-order valence-electron chi connectivity index (χ1n) is 8.74. The first kappa shape index (κ1) is 18.7. The van der Waals surface area contributed by atoms with Gasteiger partial charge in [0.15, 0.2) is 9.84 Å². The molecule has 2 aromatic rings. The van der Waals surface area contributed by atoms with E-state index in [1.807, 2.05) is 48.2 Å². The maximum atomic E-state index is 12.6. The zero-order valence-electron chi connectivity index (χ0n) is 14.8. The maximum absolute atomic E-state index is 12.6. The largest absolute Gasteiger partial charge is 0.468 e. The molecule has 0 radical (unpaired) electrons. The van der Waals surface area contributed by atoms with E-state index in [2.05, 4.69) is 5.32 Å². The number of benzene rings is 1. The van der Waals surface area contributed by atoms with Gasteiger partial charge in [-0.2, -0.15) is 0 Å². The van der Waals surface area contributed by atoms with Crippen molar-refractivity contribution < 1.29 is 17.6 Å². The van der Waals surface area contributed by atoms with Crippen LogP contribution >= 0.6 is 0 Å². The van der Waals surface area contributed by atoms with Gasteiger partial charge < -0.3 is 9.73 Å². The van der Waals surface area contributed by atoms with Gasteiger partial charge in [0.05, 0.1) is 36.9 Å². The zero-order valence-corrected chi connectivity index (χ0v) is 15.6. The number of sulfone groups is 1. The third-order valence-electron chi connectivity index (χ3n) is 4.69. The average Bonchev–Trinajstić information content (AvgIpc) is 3.24. The molecule has 1 saturated heterocycles. The van der Waals surface area contributed by atoms with E-state index in [0.717, 1.165) is 11.3 Å². The molecule has 2 unspecified atom stereocenters. The van der Waals surface area contributed by atoms with Crippen LogP contribution in [0.1, 0.15) is 30.7 Å². The molecule has 6 nitrogen and oxygen atoms in total. The maximum Gasteiger partial charge on any atom is 0.234 e. The van der Waals surface area contributed by atoms with Gasteiger partial charge in [-0.05, 0) is 31.0 Å². The third kappa shape index (κ3) is 4.95. The Kier molecular flexibility index (Phi) is 5.78. The van der Waals surface area contributed by atoms with Crippen LogP contribution in [0.25, 0.3) is 0 Å². The number of nitrogens with one attached hydrogen (secondary N) is 1. The van der Waals surface area contributed by atoms with E-state index in [0.29, 0.717) is 13.0 Å². The summed E-state index contributed by atoms with van der Waals surface area (Å²) in [6.07, 6.45) is 2.13. The number of hydrogen-bond donors (Lipinski definition) is 1. The van der Waals surface area contributed by atoms with Crippen molar-refractivity contribution in [1.29, 1.82) is 0 Å². The Morgan fingerprint density at radius 3 is 2.65 bits per heavy atom. The summed E-state index contributed by atoms with van der Waals surface area (Å²) in [7, 11) is -3.03. The molecule has 26 heavy (non-hydrogen) atoms. The Balaban J connectivity index is 1.65. The van der Waals surface area contributed by atoms with E-state index in [1.54, 1.807) is 12.3 Å². The Hall–Kier alpha value is -2.12. The number of carbonyl (C=O) groups excluding carboxylic acids is 1. The fourth-order valence-corrected chi connectivity index (χ4v) is 5.04. The topological polar surface area (TPSA) is 79.6 Å². The molecule has 1 aromatic heterocycles. The first-order valence-corrected chi connectivity index (χ1v) is 10.6. The van der Waals surface area contributed by atoms with Crippen molar-refractivity contribution in [3.05, 3.63) is 60.1 Å². The smallest absolute Gasteiger partial charge is 0.234 e. The molecule has 1 aliphatic heterocycles. The predicted molar refractivity (Wildman–Crippen MR) is 99.2 cm³/mol. The fourth-order valence-electron chi connectivity index (χ4n) is 3.28. The van der Waals surface area contributed by atoms with Crippen LogP contribution in [-0.4, -0.2) is 43.3 Å². The van der Waals surface area contributed by atoms with Crippen molar-refractivity contribution in [2.45, 2.75) is 32.0 Å². The second-order valence-corrected chi connectivity index (χ2v) is 8.97. The SMILES string of the molecule is CC(NC(=O)CN(Cc1ccco1)C1CCS(=O)(=O)C1)c1ccccc1. The molecule has 2 heterocycles. The second kappa shape index (κ2) is 8.05. The van der Waals surface area contributed by atoms with Crippen LogP contribution in [0.3, 0.4) is 0 Å². The molecule has 1 amide bonds. The molecule has 0 saturated carbocycles. The highest BCUT2D eigenvalue weighted by Gasteiger charge is 2.33. The van der Waals surface area contributed by atoms with Crippen molar-refractivity contribution in [1.82, 2.24) is 10.2 Å². The lowest BCUT2D eigenvalue weighted by Crippen LogP contribution is -2.43. The Morgan fingerprint density at radius 1 is 1.27 bits per heavy atom. The minimum atomic E-state index is -3.03. The van der Waals surface area contributed by atoms with Gasteiger partial charge in [0.1, 0.15) is 5.76 Å². The van der Waals surface area contributed by atoms with Crippen LogP contribution in [0.5, 0.6) is 0 Å². The predicted octanol–water partition coefficient (Wildman–Crippen LogP) is 2.15.